The van der Waals surface area contributed by atoms with E-state index in [4.69, 9.17) is 5.73 Å². The normalized spacial score (nSPS) is 11.1. The van der Waals surface area contributed by atoms with Crippen molar-refractivity contribution in [3.63, 3.8) is 0 Å². The lowest BCUT2D eigenvalue weighted by molar-refractivity contribution is -0.128. The van der Waals surface area contributed by atoms with Gasteiger partial charge in [0.15, 0.2) is 0 Å². The van der Waals surface area contributed by atoms with Crippen LogP contribution in [-0.2, 0) is 11.3 Å². The van der Waals surface area contributed by atoms with Crippen molar-refractivity contribution in [2.45, 2.75) is 33.7 Å². The number of aryl methyl sites for hydroxylation is 3. The molecule has 0 bridgehead atoms. The van der Waals surface area contributed by atoms with E-state index >= 15 is 0 Å². The molecule has 2 aromatic heterocycles. The van der Waals surface area contributed by atoms with Gasteiger partial charge in [-0.05, 0) is 26.3 Å². The molecule has 0 unspecified atom stereocenters. The second kappa shape index (κ2) is 5.11. The van der Waals surface area contributed by atoms with Gasteiger partial charge in [-0.25, -0.2) is 9.97 Å². The molecule has 2 heterocycles. The molecule has 0 saturated carbocycles. The molecule has 0 saturated heterocycles. The average Bonchev–Trinajstić information content (AvgIpc) is 2.59. The predicted octanol–water partition coefficient (Wildman–Crippen LogP) is 1.42. The van der Waals surface area contributed by atoms with E-state index in [1.165, 1.54) is 0 Å². The summed E-state index contributed by atoms with van der Waals surface area (Å²) in [4.78, 5) is 22.1. The van der Waals surface area contributed by atoms with Crippen LogP contribution in [0.3, 0.4) is 0 Å². The smallest absolute Gasteiger partial charge is 0.223 e. The maximum Gasteiger partial charge on any atom is 0.223 e. The molecule has 0 fully saturated rings. The molecule has 1 amide bonds. The molecule has 6 nitrogen and oxygen atoms in total. The van der Waals surface area contributed by atoms with Crippen molar-refractivity contribution in [1.82, 2.24) is 19.4 Å². The Morgan fingerprint density at radius 3 is 2.50 bits per heavy atom. The topological polar surface area (TPSA) is 77.0 Å². The molecule has 0 spiro atoms. The number of carbonyl (C=O) groups excluding carboxylic acids is 1. The van der Waals surface area contributed by atoms with Crippen molar-refractivity contribution in [1.29, 1.82) is 0 Å². The minimum absolute atomic E-state index is 0.0997. The summed E-state index contributed by atoms with van der Waals surface area (Å²) in [6.45, 7) is 6.45. The minimum atomic E-state index is 0.0997. The van der Waals surface area contributed by atoms with Crippen LogP contribution < -0.4 is 5.73 Å². The third-order valence-electron chi connectivity index (χ3n) is 3.66. The minimum Gasteiger partial charge on any atom is -0.383 e. The maximum atomic E-state index is 11.8. The van der Waals surface area contributed by atoms with Crippen molar-refractivity contribution in [3.8, 4) is 0 Å². The molecule has 0 aliphatic rings. The number of amides is 1. The predicted molar refractivity (Wildman–Crippen MR) is 79.5 cm³/mol. The van der Waals surface area contributed by atoms with Gasteiger partial charge in [0.25, 0.3) is 0 Å². The lowest BCUT2D eigenvalue weighted by Gasteiger charge is -2.12. The summed E-state index contributed by atoms with van der Waals surface area (Å²) >= 11 is 0. The average molecular weight is 275 g/mol. The highest BCUT2D eigenvalue weighted by Gasteiger charge is 2.17. The summed E-state index contributed by atoms with van der Waals surface area (Å²) in [6, 6.07) is 0. The molecule has 0 radical (unpaired) electrons. The number of hydrogen-bond donors (Lipinski definition) is 1. The quantitative estimate of drug-likeness (QED) is 0.919. The lowest BCUT2D eigenvalue weighted by Crippen LogP contribution is -2.23. The molecule has 2 N–H and O–H groups in total. The molecular weight excluding hydrogens is 254 g/mol. The van der Waals surface area contributed by atoms with Crippen LogP contribution in [0.1, 0.15) is 23.5 Å². The molecular formula is C14H21N5O. The Labute approximate surface area is 118 Å². The van der Waals surface area contributed by atoms with E-state index in [0.717, 1.165) is 22.3 Å². The van der Waals surface area contributed by atoms with Crippen molar-refractivity contribution < 1.29 is 4.79 Å². The summed E-state index contributed by atoms with van der Waals surface area (Å²) in [5.74, 6) is 1.25. The SMILES string of the molecule is Cc1nc(N)c2c(C)c(C)n(CCC(=O)N(C)C)c2n1. The van der Waals surface area contributed by atoms with Crippen LogP contribution in [0, 0.1) is 20.8 Å². The van der Waals surface area contributed by atoms with Crippen molar-refractivity contribution >= 4 is 22.8 Å². The van der Waals surface area contributed by atoms with Crippen molar-refractivity contribution in [3.05, 3.63) is 17.1 Å². The van der Waals surface area contributed by atoms with Gasteiger partial charge in [-0.15, -0.1) is 0 Å². The molecule has 2 aromatic rings. The highest BCUT2D eigenvalue weighted by molar-refractivity contribution is 5.91. The maximum absolute atomic E-state index is 11.8. The van der Waals surface area contributed by atoms with E-state index in [0.29, 0.717) is 24.6 Å². The number of nitrogens with two attached hydrogens (primary N) is 1. The van der Waals surface area contributed by atoms with Gasteiger partial charge in [0, 0.05) is 32.8 Å². The first-order valence-electron chi connectivity index (χ1n) is 6.62. The Balaban J connectivity index is 2.48. The van der Waals surface area contributed by atoms with Crippen LogP contribution in [0.4, 0.5) is 5.82 Å². The van der Waals surface area contributed by atoms with Gasteiger partial charge in [0.2, 0.25) is 5.91 Å². The number of carbonyl (C=O) groups is 1. The molecule has 0 atom stereocenters. The Morgan fingerprint density at radius 2 is 1.90 bits per heavy atom. The highest BCUT2D eigenvalue weighted by atomic mass is 16.2. The van der Waals surface area contributed by atoms with Gasteiger partial charge in [-0.3, -0.25) is 4.79 Å². The monoisotopic (exact) mass is 275 g/mol. The number of aromatic nitrogens is 3. The fourth-order valence-corrected chi connectivity index (χ4v) is 2.38. The molecule has 0 aliphatic carbocycles. The van der Waals surface area contributed by atoms with Gasteiger partial charge >= 0.3 is 0 Å². The van der Waals surface area contributed by atoms with Crippen LogP contribution in [0.5, 0.6) is 0 Å². The number of rotatable bonds is 3. The molecule has 2 rings (SSSR count). The first-order valence-corrected chi connectivity index (χ1v) is 6.62. The Kier molecular flexibility index (Phi) is 3.65. The van der Waals surface area contributed by atoms with Gasteiger partial charge in [-0.2, -0.15) is 0 Å². The van der Waals surface area contributed by atoms with Gasteiger partial charge < -0.3 is 15.2 Å². The van der Waals surface area contributed by atoms with Crippen molar-refractivity contribution in [2.24, 2.45) is 0 Å². The van der Waals surface area contributed by atoms with Crippen LogP contribution in [0.2, 0.25) is 0 Å². The Morgan fingerprint density at radius 1 is 1.25 bits per heavy atom. The van der Waals surface area contributed by atoms with Crippen molar-refractivity contribution in [2.75, 3.05) is 19.8 Å². The standard InChI is InChI=1S/C14H21N5O/c1-8-9(2)19(7-6-11(20)18(4)5)14-12(8)13(15)16-10(3)17-14/h6-7H2,1-5H3,(H2,15,16,17). The summed E-state index contributed by atoms with van der Waals surface area (Å²) in [6.07, 6.45) is 0.444. The first kappa shape index (κ1) is 14.3. The second-order valence-corrected chi connectivity index (χ2v) is 5.25. The van der Waals surface area contributed by atoms with E-state index in [-0.39, 0.29) is 5.91 Å². The zero-order valence-corrected chi connectivity index (χ0v) is 12.7. The molecule has 0 aromatic carbocycles. The number of anilines is 1. The van der Waals surface area contributed by atoms with Gasteiger partial charge in [0.1, 0.15) is 17.3 Å². The van der Waals surface area contributed by atoms with Crippen LogP contribution in [0.25, 0.3) is 11.0 Å². The Hall–Kier alpha value is -2.11. The molecule has 20 heavy (non-hydrogen) atoms. The van der Waals surface area contributed by atoms with Gasteiger partial charge in [0.05, 0.1) is 5.39 Å². The van der Waals surface area contributed by atoms with Crippen LogP contribution in [0.15, 0.2) is 0 Å². The zero-order chi connectivity index (χ0) is 15.0. The molecule has 6 heteroatoms. The molecule has 108 valence electrons. The first-order chi connectivity index (χ1) is 9.32. The van der Waals surface area contributed by atoms with E-state index in [2.05, 4.69) is 14.5 Å². The fourth-order valence-electron chi connectivity index (χ4n) is 2.38. The molecule has 0 aliphatic heterocycles. The van der Waals surface area contributed by atoms with E-state index in [9.17, 15) is 4.79 Å². The van der Waals surface area contributed by atoms with Gasteiger partial charge in [-0.1, -0.05) is 0 Å². The Bertz CT molecular complexity index is 672. The zero-order valence-electron chi connectivity index (χ0n) is 12.7. The third-order valence-corrected chi connectivity index (χ3v) is 3.66. The number of fused-ring (bicyclic) bond motifs is 1. The van der Waals surface area contributed by atoms with E-state index in [1.807, 2.05) is 20.8 Å². The number of hydrogen-bond acceptors (Lipinski definition) is 4. The second-order valence-electron chi connectivity index (χ2n) is 5.25. The van der Waals surface area contributed by atoms with Crippen LogP contribution >= 0.6 is 0 Å². The van der Waals surface area contributed by atoms with Crippen LogP contribution in [-0.4, -0.2) is 39.4 Å². The fraction of sp³-hybridized carbons (Fsp3) is 0.500. The summed E-state index contributed by atoms with van der Waals surface area (Å²) in [5.41, 5.74) is 8.98. The summed E-state index contributed by atoms with van der Waals surface area (Å²) in [5, 5.41) is 0.894. The highest BCUT2D eigenvalue weighted by Crippen LogP contribution is 2.27. The summed E-state index contributed by atoms with van der Waals surface area (Å²) in [7, 11) is 3.52. The largest absolute Gasteiger partial charge is 0.383 e. The summed E-state index contributed by atoms with van der Waals surface area (Å²) < 4.78 is 2.05. The van der Waals surface area contributed by atoms with E-state index in [1.54, 1.807) is 19.0 Å². The van der Waals surface area contributed by atoms with E-state index < -0.39 is 0 Å². The lowest BCUT2D eigenvalue weighted by atomic mass is 10.2. The number of nitrogens with zero attached hydrogens (tertiary/aromatic N) is 4. The number of nitrogen functional groups attached to an aromatic ring is 1. The third kappa shape index (κ3) is 2.33.